The van der Waals surface area contributed by atoms with Gasteiger partial charge >= 0.3 is 11.9 Å². The van der Waals surface area contributed by atoms with Gasteiger partial charge in [-0.05, 0) is 48.9 Å². The summed E-state index contributed by atoms with van der Waals surface area (Å²) in [4.78, 5) is 35.8. The first-order valence-corrected chi connectivity index (χ1v) is 8.50. The van der Waals surface area contributed by atoms with E-state index in [1.54, 1.807) is 24.3 Å². The lowest BCUT2D eigenvalue weighted by Gasteiger charge is -2.23. The van der Waals surface area contributed by atoms with Crippen LogP contribution in [-0.4, -0.2) is 29.6 Å². The standard InChI is InChI=1S/C19H21NO5/c1-2-9-25-19(24)11-5-7-14(8-6-11)20-17(21)15-12-3-4-13(10-12)16(15)18(22)23/h3-8,12-13,15-16H,2,9-10H2,1H3,(H,20,21)(H,22,23). The fourth-order valence-corrected chi connectivity index (χ4v) is 3.71. The number of ether oxygens (including phenoxy) is 1. The Morgan fingerprint density at radius 3 is 2.36 bits per heavy atom. The predicted octanol–water partition coefficient (Wildman–Crippen LogP) is 2.71. The van der Waals surface area contributed by atoms with Crippen molar-refractivity contribution in [2.75, 3.05) is 11.9 Å². The Balaban J connectivity index is 1.66. The molecular formula is C19H21NO5. The first kappa shape index (κ1) is 17.2. The van der Waals surface area contributed by atoms with Crippen LogP contribution in [0.4, 0.5) is 5.69 Å². The summed E-state index contributed by atoms with van der Waals surface area (Å²) < 4.78 is 5.05. The number of hydrogen-bond donors (Lipinski definition) is 2. The van der Waals surface area contributed by atoms with Crippen LogP contribution in [0.25, 0.3) is 0 Å². The number of nitrogens with one attached hydrogen (secondary N) is 1. The molecule has 2 bridgehead atoms. The van der Waals surface area contributed by atoms with Gasteiger partial charge in [-0.1, -0.05) is 19.1 Å². The largest absolute Gasteiger partial charge is 0.481 e. The maximum absolute atomic E-state index is 12.6. The quantitative estimate of drug-likeness (QED) is 0.612. The monoisotopic (exact) mass is 343 g/mol. The lowest BCUT2D eigenvalue weighted by Crippen LogP contribution is -2.36. The number of hydrogen-bond acceptors (Lipinski definition) is 4. The molecule has 0 radical (unpaired) electrons. The van der Waals surface area contributed by atoms with E-state index in [0.29, 0.717) is 17.9 Å². The molecule has 6 heteroatoms. The minimum atomic E-state index is -0.925. The van der Waals surface area contributed by atoms with Gasteiger partial charge in [0, 0.05) is 5.69 Å². The zero-order chi connectivity index (χ0) is 18.0. The number of rotatable bonds is 6. The molecule has 1 aromatic rings. The zero-order valence-corrected chi connectivity index (χ0v) is 14.0. The van der Waals surface area contributed by atoms with E-state index in [1.807, 2.05) is 19.1 Å². The lowest BCUT2D eigenvalue weighted by atomic mass is 9.82. The average Bonchev–Trinajstić information content (AvgIpc) is 3.21. The van der Waals surface area contributed by atoms with E-state index in [4.69, 9.17) is 4.74 Å². The Morgan fingerprint density at radius 1 is 1.12 bits per heavy atom. The van der Waals surface area contributed by atoms with Crippen LogP contribution in [0.2, 0.25) is 0 Å². The van der Waals surface area contributed by atoms with E-state index in [2.05, 4.69) is 5.32 Å². The number of benzene rings is 1. The molecule has 0 aromatic heterocycles. The second-order valence-corrected chi connectivity index (χ2v) is 6.54. The molecule has 0 saturated heterocycles. The number of amides is 1. The van der Waals surface area contributed by atoms with Crippen LogP contribution in [0, 0.1) is 23.7 Å². The molecule has 2 aliphatic rings. The van der Waals surface area contributed by atoms with E-state index >= 15 is 0 Å². The molecule has 1 aromatic carbocycles. The van der Waals surface area contributed by atoms with Gasteiger partial charge in [-0.15, -0.1) is 0 Å². The van der Waals surface area contributed by atoms with Crippen molar-refractivity contribution in [1.82, 2.24) is 0 Å². The van der Waals surface area contributed by atoms with E-state index < -0.39 is 23.8 Å². The summed E-state index contributed by atoms with van der Waals surface area (Å²) in [5.41, 5.74) is 0.950. The summed E-state index contributed by atoms with van der Waals surface area (Å²) in [5, 5.41) is 12.2. The molecule has 2 aliphatic carbocycles. The van der Waals surface area contributed by atoms with Crippen molar-refractivity contribution in [3.05, 3.63) is 42.0 Å². The van der Waals surface area contributed by atoms with Crippen molar-refractivity contribution in [3.63, 3.8) is 0 Å². The molecular weight excluding hydrogens is 322 g/mol. The second-order valence-electron chi connectivity index (χ2n) is 6.54. The molecule has 0 heterocycles. The first-order chi connectivity index (χ1) is 12.0. The SMILES string of the molecule is CCCOC(=O)c1ccc(NC(=O)C2C3C=CC(C3)C2C(=O)O)cc1. The Bertz CT molecular complexity index is 709. The van der Waals surface area contributed by atoms with Crippen LogP contribution in [0.1, 0.15) is 30.1 Å². The Morgan fingerprint density at radius 2 is 1.76 bits per heavy atom. The van der Waals surface area contributed by atoms with Crippen molar-refractivity contribution in [1.29, 1.82) is 0 Å². The van der Waals surface area contributed by atoms with Gasteiger partial charge in [-0.3, -0.25) is 9.59 Å². The first-order valence-electron chi connectivity index (χ1n) is 8.50. The second kappa shape index (κ2) is 7.09. The number of carboxylic acid groups (broad SMARTS) is 1. The van der Waals surface area contributed by atoms with Crippen molar-refractivity contribution in [2.45, 2.75) is 19.8 Å². The summed E-state index contributed by atoms with van der Waals surface area (Å²) in [6.45, 7) is 2.28. The van der Waals surface area contributed by atoms with Crippen molar-refractivity contribution in [3.8, 4) is 0 Å². The number of carbonyl (C=O) groups is 3. The minimum absolute atomic E-state index is 0.0191. The maximum Gasteiger partial charge on any atom is 0.338 e. The molecule has 3 rings (SSSR count). The zero-order valence-electron chi connectivity index (χ0n) is 14.0. The number of fused-ring (bicyclic) bond motifs is 2. The van der Waals surface area contributed by atoms with Crippen LogP contribution in [0.5, 0.6) is 0 Å². The molecule has 132 valence electrons. The topological polar surface area (TPSA) is 92.7 Å². The van der Waals surface area contributed by atoms with Gasteiger partial charge < -0.3 is 15.2 Å². The number of allylic oxidation sites excluding steroid dienone is 2. The Kier molecular flexibility index (Phi) is 4.88. The van der Waals surface area contributed by atoms with E-state index in [-0.39, 0.29) is 17.7 Å². The molecule has 1 fully saturated rings. The molecule has 25 heavy (non-hydrogen) atoms. The van der Waals surface area contributed by atoms with Crippen LogP contribution >= 0.6 is 0 Å². The van der Waals surface area contributed by atoms with Crippen LogP contribution in [0.15, 0.2) is 36.4 Å². The van der Waals surface area contributed by atoms with Crippen molar-refractivity contribution in [2.24, 2.45) is 23.7 Å². The molecule has 0 aliphatic heterocycles. The lowest BCUT2D eigenvalue weighted by molar-refractivity contribution is -0.146. The molecule has 4 unspecified atom stereocenters. The average molecular weight is 343 g/mol. The number of carboxylic acids is 1. The van der Waals surface area contributed by atoms with E-state index in [0.717, 1.165) is 12.8 Å². The van der Waals surface area contributed by atoms with Gasteiger partial charge in [0.2, 0.25) is 5.91 Å². The minimum Gasteiger partial charge on any atom is -0.481 e. The molecule has 1 amide bonds. The highest BCUT2D eigenvalue weighted by atomic mass is 16.5. The van der Waals surface area contributed by atoms with Crippen molar-refractivity contribution >= 4 is 23.5 Å². The van der Waals surface area contributed by atoms with Gasteiger partial charge in [-0.2, -0.15) is 0 Å². The normalized spacial score (nSPS) is 26.4. The maximum atomic E-state index is 12.6. The highest BCUT2D eigenvalue weighted by Gasteiger charge is 2.51. The number of esters is 1. The third kappa shape index (κ3) is 3.43. The molecule has 1 saturated carbocycles. The Hall–Kier alpha value is -2.63. The van der Waals surface area contributed by atoms with Crippen LogP contribution in [-0.2, 0) is 14.3 Å². The van der Waals surface area contributed by atoms with Gasteiger partial charge in [-0.25, -0.2) is 4.79 Å². The number of aliphatic carboxylic acids is 1. The highest BCUT2D eigenvalue weighted by molar-refractivity contribution is 5.97. The number of anilines is 1. The smallest absolute Gasteiger partial charge is 0.338 e. The molecule has 4 atom stereocenters. The third-order valence-electron chi connectivity index (χ3n) is 4.87. The summed E-state index contributed by atoms with van der Waals surface area (Å²) in [6.07, 6.45) is 5.32. The van der Waals surface area contributed by atoms with Crippen LogP contribution < -0.4 is 5.32 Å². The predicted molar refractivity (Wildman–Crippen MR) is 91.0 cm³/mol. The molecule has 2 N–H and O–H groups in total. The van der Waals surface area contributed by atoms with Crippen LogP contribution in [0.3, 0.4) is 0 Å². The van der Waals surface area contributed by atoms with Gasteiger partial charge in [0.15, 0.2) is 0 Å². The Labute approximate surface area is 145 Å². The fourth-order valence-electron chi connectivity index (χ4n) is 3.71. The molecule has 6 nitrogen and oxygen atoms in total. The highest BCUT2D eigenvalue weighted by Crippen LogP contribution is 2.48. The summed E-state index contributed by atoms with van der Waals surface area (Å²) in [7, 11) is 0. The summed E-state index contributed by atoms with van der Waals surface area (Å²) in [6, 6.07) is 6.42. The van der Waals surface area contributed by atoms with Gasteiger partial charge in [0.05, 0.1) is 24.0 Å². The van der Waals surface area contributed by atoms with Crippen molar-refractivity contribution < 1.29 is 24.2 Å². The fraction of sp³-hybridized carbons (Fsp3) is 0.421. The summed E-state index contributed by atoms with van der Waals surface area (Å²) in [5.74, 6) is -2.91. The van der Waals surface area contributed by atoms with Gasteiger partial charge in [0.25, 0.3) is 0 Å². The number of carbonyl (C=O) groups excluding carboxylic acids is 2. The van der Waals surface area contributed by atoms with E-state index in [1.165, 1.54) is 0 Å². The molecule has 0 spiro atoms. The summed E-state index contributed by atoms with van der Waals surface area (Å²) >= 11 is 0. The van der Waals surface area contributed by atoms with E-state index in [9.17, 15) is 19.5 Å². The van der Waals surface area contributed by atoms with Gasteiger partial charge in [0.1, 0.15) is 0 Å². The third-order valence-corrected chi connectivity index (χ3v) is 4.87.